The maximum atomic E-state index is 10.8. The average Bonchev–Trinajstić information content (AvgIpc) is 2.77. The highest BCUT2D eigenvalue weighted by molar-refractivity contribution is 5.70. The zero-order chi connectivity index (χ0) is 11.5. The van der Waals surface area contributed by atoms with E-state index in [9.17, 15) is 9.90 Å². The molecule has 1 heterocycles. The van der Waals surface area contributed by atoms with Crippen molar-refractivity contribution >= 4 is 5.97 Å². The van der Waals surface area contributed by atoms with Crippen LogP contribution in [-0.4, -0.2) is 46.3 Å². The van der Waals surface area contributed by atoms with E-state index < -0.39 is 5.97 Å². The van der Waals surface area contributed by atoms with Gasteiger partial charge in [0.1, 0.15) is 0 Å². The first kappa shape index (κ1) is 11.9. The molecule has 2 aliphatic rings. The van der Waals surface area contributed by atoms with Crippen LogP contribution in [0.25, 0.3) is 0 Å². The molecule has 4 heteroatoms. The third-order valence-electron chi connectivity index (χ3n) is 4.15. The van der Waals surface area contributed by atoms with Gasteiger partial charge in [0.25, 0.3) is 0 Å². The Labute approximate surface area is 96.3 Å². The summed E-state index contributed by atoms with van der Waals surface area (Å²) in [5, 5.41) is 18.2. The summed E-state index contributed by atoms with van der Waals surface area (Å²) < 4.78 is 0. The largest absolute Gasteiger partial charge is 0.481 e. The molecule has 1 saturated carbocycles. The minimum atomic E-state index is -0.640. The molecule has 0 spiro atoms. The van der Waals surface area contributed by atoms with E-state index in [-0.39, 0.29) is 12.5 Å². The Morgan fingerprint density at radius 2 is 1.88 bits per heavy atom. The summed E-state index contributed by atoms with van der Waals surface area (Å²) in [6, 6.07) is 0.835. The van der Waals surface area contributed by atoms with E-state index in [2.05, 4.69) is 4.90 Å². The van der Waals surface area contributed by atoms with Crippen LogP contribution in [0.1, 0.15) is 38.5 Å². The van der Waals surface area contributed by atoms with E-state index in [1.807, 2.05) is 0 Å². The Morgan fingerprint density at radius 1 is 1.19 bits per heavy atom. The molecule has 1 atom stereocenters. The van der Waals surface area contributed by atoms with E-state index in [0.717, 1.165) is 38.6 Å². The van der Waals surface area contributed by atoms with Gasteiger partial charge in [0.05, 0.1) is 12.5 Å². The molecule has 0 aromatic heterocycles. The van der Waals surface area contributed by atoms with Crippen LogP contribution >= 0.6 is 0 Å². The lowest BCUT2D eigenvalue weighted by Gasteiger charge is -2.36. The van der Waals surface area contributed by atoms with Gasteiger partial charge in [0.2, 0.25) is 0 Å². The van der Waals surface area contributed by atoms with Crippen molar-refractivity contribution in [2.45, 2.75) is 50.6 Å². The monoisotopic (exact) mass is 227 g/mol. The molecule has 2 N–H and O–H groups in total. The predicted molar refractivity (Wildman–Crippen MR) is 60.2 cm³/mol. The minimum Gasteiger partial charge on any atom is -0.481 e. The topological polar surface area (TPSA) is 60.8 Å². The highest BCUT2D eigenvalue weighted by Gasteiger charge is 2.34. The Kier molecular flexibility index (Phi) is 3.82. The number of aliphatic hydroxyl groups excluding tert-OH is 1. The van der Waals surface area contributed by atoms with Crippen molar-refractivity contribution in [2.75, 3.05) is 13.2 Å². The number of aliphatic carboxylic acids is 1. The number of hydrogen-bond donors (Lipinski definition) is 2. The second-order valence-corrected chi connectivity index (χ2v) is 5.06. The molecule has 92 valence electrons. The molecular formula is C12H21NO3. The lowest BCUT2D eigenvalue weighted by molar-refractivity contribution is -0.143. The van der Waals surface area contributed by atoms with E-state index in [0.29, 0.717) is 12.1 Å². The zero-order valence-corrected chi connectivity index (χ0v) is 9.64. The molecular weight excluding hydrogens is 206 g/mol. The lowest BCUT2D eigenvalue weighted by atomic mass is 9.85. The van der Waals surface area contributed by atoms with Crippen LogP contribution in [0.15, 0.2) is 0 Å². The van der Waals surface area contributed by atoms with Gasteiger partial charge >= 0.3 is 5.97 Å². The van der Waals surface area contributed by atoms with Gasteiger partial charge in [-0.15, -0.1) is 0 Å². The van der Waals surface area contributed by atoms with E-state index in [1.54, 1.807) is 0 Å². The van der Waals surface area contributed by atoms with E-state index in [1.165, 1.54) is 6.42 Å². The van der Waals surface area contributed by atoms with Gasteiger partial charge in [-0.1, -0.05) is 0 Å². The quantitative estimate of drug-likeness (QED) is 0.757. The van der Waals surface area contributed by atoms with Crippen LogP contribution in [0.5, 0.6) is 0 Å². The van der Waals surface area contributed by atoms with Crippen molar-refractivity contribution in [3.8, 4) is 0 Å². The van der Waals surface area contributed by atoms with Crippen LogP contribution < -0.4 is 0 Å². The SMILES string of the molecule is O=C(O)C1CCC(N2CCCC2CO)CC1. The number of nitrogens with zero attached hydrogens (tertiary/aromatic N) is 1. The summed E-state index contributed by atoms with van der Waals surface area (Å²) in [4.78, 5) is 13.3. The average molecular weight is 227 g/mol. The van der Waals surface area contributed by atoms with Crippen molar-refractivity contribution in [1.82, 2.24) is 4.90 Å². The smallest absolute Gasteiger partial charge is 0.306 e. The van der Waals surface area contributed by atoms with Crippen molar-refractivity contribution in [3.63, 3.8) is 0 Å². The number of carboxylic acid groups (broad SMARTS) is 1. The summed E-state index contributed by atoms with van der Waals surface area (Å²) in [5.41, 5.74) is 0. The summed E-state index contributed by atoms with van der Waals surface area (Å²) in [7, 11) is 0. The number of carboxylic acids is 1. The molecule has 2 fully saturated rings. The molecule has 1 aliphatic carbocycles. The normalized spacial score (nSPS) is 36.4. The first-order valence-electron chi connectivity index (χ1n) is 6.31. The lowest BCUT2D eigenvalue weighted by Crippen LogP contribution is -2.43. The fourth-order valence-electron chi connectivity index (χ4n) is 3.19. The fourth-order valence-corrected chi connectivity index (χ4v) is 3.19. The first-order valence-corrected chi connectivity index (χ1v) is 6.31. The van der Waals surface area contributed by atoms with Crippen molar-refractivity contribution < 1.29 is 15.0 Å². The molecule has 0 aromatic rings. The van der Waals surface area contributed by atoms with Gasteiger partial charge in [-0.3, -0.25) is 9.69 Å². The van der Waals surface area contributed by atoms with Gasteiger partial charge in [0.15, 0.2) is 0 Å². The number of likely N-dealkylation sites (tertiary alicyclic amines) is 1. The predicted octanol–water partition coefficient (Wildman–Crippen LogP) is 1.09. The molecule has 4 nitrogen and oxygen atoms in total. The van der Waals surface area contributed by atoms with Crippen LogP contribution in [-0.2, 0) is 4.79 Å². The van der Waals surface area contributed by atoms with Gasteiger partial charge in [-0.05, 0) is 45.1 Å². The molecule has 0 radical (unpaired) electrons. The molecule has 1 aliphatic heterocycles. The van der Waals surface area contributed by atoms with Gasteiger partial charge < -0.3 is 10.2 Å². The third-order valence-corrected chi connectivity index (χ3v) is 4.15. The highest BCUT2D eigenvalue weighted by atomic mass is 16.4. The maximum absolute atomic E-state index is 10.8. The van der Waals surface area contributed by atoms with Crippen molar-refractivity contribution in [2.24, 2.45) is 5.92 Å². The molecule has 0 amide bonds. The molecule has 1 unspecified atom stereocenters. The second-order valence-electron chi connectivity index (χ2n) is 5.06. The van der Waals surface area contributed by atoms with E-state index in [4.69, 9.17) is 5.11 Å². The summed E-state index contributed by atoms with van der Waals surface area (Å²) >= 11 is 0. The molecule has 16 heavy (non-hydrogen) atoms. The number of hydrogen-bond acceptors (Lipinski definition) is 3. The second kappa shape index (κ2) is 5.15. The van der Waals surface area contributed by atoms with Crippen LogP contribution in [0, 0.1) is 5.92 Å². The van der Waals surface area contributed by atoms with Gasteiger partial charge in [0, 0.05) is 12.1 Å². The molecule has 0 aromatic carbocycles. The van der Waals surface area contributed by atoms with Crippen LogP contribution in [0.2, 0.25) is 0 Å². The summed E-state index contributed by atoms with van der Waals surface area (Å²) in [6.45, 7) is 1.33. The maximum Gasteiger partial charge on any atom is 0.306 e. The van der Waals surface area contributed by atoms with E-state index >= 15 is 0 Å². The number of rotatable bonds is 3. The summed E-state index contributed by atoms with van der Waals surface area (Å²) in [5.74, 6) is -0.773. The van der Waals surface area contributed by atoms with Crippen LogP contribution in [0.3, 0.4) is 0 Å². The van der Waals surface area contributed by atoms with Crippen LogP contribution in [0.4, 0.5) is 0 Å². The summed E-state index contributed by atoms with van der Waals surface area (Å²) in [6.07, 6.45) is 5.82. The Balaban J connectivity index is 1.86. The molecule has 1 saturated heterocycles. The minimum absolute atomic E-state index is 0.133. The number of aliphatic hydroxyl groups is 1. The Hall–Kier alpha value is -0.610. The highest BCUT2D eigenvalue weighted by Crippen LogP contribution is 2.31. The van der Waals surface area contributed by atoms with Crippen molar-refractivity contribution in [1.29, 1.82) is 0 Å². The van der Waals surface area contributed by atoms with Gasteiger partial charge in [-0.25, -0.2) is 0 Å². The zero-order valence-electron chi connectivity index (χ0n) is 9.64. The standard InChI is InChI=1S/C12H21NO3/c14-8-11-2-1-7-13(11)10-5-3-9(4-6-10)12(15)16/h9-11,14H,1-8H2,(H,15,16). The first-order chi connectivity index (χ1) is 7.72. The van der Waals surface area contributed by atoms with Crippen molar-refractivity contribution in [3.05, 3.63) is 0 Å². The van der Waals surface area contributed by atoms with Gasteiger partial charge in [-0.2, -0.15) is 0 Å². The third kappa shape index (κ3) is 2.38. The Bertz CT molecular complexity index is 249. The fraction of sp³-hybridized carbons (Fsp3) is 0.917. The Morgan fingerprint density at radius 3 is 2.44 bits per heavy atom. The number of carbonyl (C=O) groups is 1. The molecule has 0 bridgehead atoms. The molecule has 2 rings (SSSR count).